The van der Waals surface area contributed by atoms with Crippen molar-refractivity contribution in [3.8, 4) is 0 Å². The molecule has 1 amide bonds. The van der Waals surface area contributed by atoms with E-state index in [2.05, 4.69) is 45.2 Å². The summed E-state index contributed by atoms with van der Waals surface area (Å²) >= 11 is 0. The smallest absolute Gasteiger partial charge is 0.267 e. The molecule has 3 unspecified atom stereocenters. The van der Waals surface area contributed by atoms with Crippen LogP contribution in [-0.4, -0.2) is 22.0 Å². The minimum Gasteiger partial charge on any atom is -0.267 e. The van der Waals surface area contributed by atoms with Crippen LogP contribution in [0.3, 0.4) is 0 Å². The molecule has 1 aromatic carbocycles. The summed E-state index contributed by atoms with van der Waals surface area (Å²) < 4.78 is 0. The van der Waals surface area contributed by atoms with Crippen LogP contribution < -0.4 is 5.48 Å². The summed E-state index contributed by atoms with van der Waals surface area (Å²) in [6.07, 6.45) is 4.21. The van der Waals surface area contributed by atoms with Gasteiger partial charge < -0.3 is 0 Å². The molecule has 4 heteroatoms. The number of amides is 1. The molecule has 0 saturated carbocycles. The number of hydrogen-bond acceptors (Lipinski definition) is 3. The molecule has 1 aliphatic rings. The average Bonchev–Trinajstić information content (AvgIpc) is 2.59. The fourth-order valence-electron chi connectivity index (χ4n) is 3.52. The highest BCUT2D eigenvalue weighted by molar-refractivity contribution is 5.93. The highest BCUT2D eigenvalue weighted by Gasteiger charge is 2.50. The number of piperidine rings is 1. The highest BCUT2D eigenvalue weighted by atomic mass is 16.8. The van der Waals surface area contributed by atoms with E-state index in [-0.39, 0.29) is 17.0 Å². The Balaban J connectivity index is 2.17. The lowest BCUT2D eigenvalue weighted by atomic mass is 9.71. The van der Waals surface area contributed by atoms with Gasteiger partial charge in [-0.3, -0.25) is 4.79 Å². The maximum absolute atomic E-state index is 12.3. The molecule has 1 heterocycles. The second-order valence-electron chi connectivity index (χ2n) is 7.18. The molecule has 0 aromatic heterocycles. The topological polar surface area (TPSA) is 41.6 Å². The van der Waals surface area contributed by atoms with E-state index in [1.54, 1.807) is 12.1 Å². The van der Waals surface area contributed by atoms with E-state index in [1.165, 1.54) is 6.42 Å². The molecule has 128 valence electrons. The number of hydroxylamine groups is 3. The Hall–Kier alpha value is -1.39. The summed E-state index contributed by atoms with van der Waals surface area (Å²) in [7, 11) is 0. The van der Waals surface area contributed by atoms with E-state index < -0.39 is 0 Å². The fraction of sp³-hybridized carbons (Fsp3) is 0.632. The number of carbonyl (C=O) groups excluding carboxylic acids is 1. The number of hydrogen-bond donors (Lipinski definition) is 1. The Labute approximate surface area is 140 Å². The van der Waals surface area contributed by atoms with Gasteiger partial charge in [0.05, 0.1) is 0 Å². The van der Waals surface area contributed by atoms with Crippen LogP contribution >= 0.6 is 0 Å². The van der Waals surface area contributed by atoms with E-state index in [4.69, 9.17) is 4.94 Å². The van der Waals surface area contributed by atoms with Crippen LogP contribution in [-0.2, 0) is 4.94 Å². The third-order valence-corrected chi connectivity index (χ3v) is 5.87. The summed E-state index contributed by atoms with van der Waals surface area (Å²) in [6.45, 7) is 11.1. The van der Waals surface area contributed by atoms with Crippen molar-refractivity contribution in [1.82, 2.24) is 10.5 Å². The van der Waals surface area contributed by atoms with Gasteiger partial charge in [-0.15, -0.1) is 0 Å². The molecule has 1 aliphatic heterocycles. The summed E-state index contributed by atoms with van der Waals surface area (Å²) in [5.41, 5.74) is 3.10. The third kappa shape index (κ3) is 3.43. The van der Waals surface area contributed by atoms with Crippen molar-refractivity contribution < 1.29 is 9.73 Å². The summed E-state index contributed by atoms with van der Waals surface area (Å²) in [5.74, 6) is 0.307. The van der Waals surface area contributed by atoms with Gasteiger partial charge in [-0.1, -0.05) is 39.0 Å². The van der Waals surface area contributed by atoms with Crippen molar-refractivity contribution in [2.75, 3.05) is 0 Å². The zero-order valence-corrected chi connectivity index (χ0v) is 15.1. The Morgan fingerprint density at radius 3 is 2.48 bits per heavy atom. The van der Waals surface area contributed by atoms with Gasteiger partial charge in [-0.25, -0.2) is 5.48 Å². The molecule has 3 atom stereocenters. The predicted octanol–water partition coefficient (Wildman–Crippen LogP) is 4.33. The predicted molar refractivity (Wildman–Crippen MR) is 92.6 cm³/mol. The van der Waals surface area contributed by atoms with Crippen molar-refractivity contribution >= 4 is 5.91 Å². The maximum Gasteiger partial charge on any atom is 0.276 e. The molecular weight excluding hydrogens is 288 g/mol. The van der Waals surface area contributed by atoms with Crippen molar-refractivity contribution in [2.24, 2.45) is 5.92 Å². The second-order valence-corrected chi connectivity index (χ2v) is 7.18. The Kier molecular flexibility index (Phi) is 5.48. The van der Waals surface area contributed by atoms with Crippen LogP contribution in [0.2, 0.25) is 0 Å². The maximum atomic E-state index is 12.3. The Morgan fingerprint density at radius 1 is 1.26 bits per heavy atom. The van der Waals surface area contributed by atoms with Gasteiger partial charge in [0, 0.05) is 16.6 Å². The average molecular weight is 318 g/mol. The minimum absolute atomic E-state index is 0.0682. The monoisotopic (exact) mass is 318 g/mol. The molecule has 0 radical (unpaired) electrons. The highest BCUT2D eigenvalue weighted by Crippen LogP contribution is 2.45. The van der Waals surface area contributed by atoms with Gasteiger partial charge in [-0.2, -0.15) is 10.0 Å². The van der Waals surface area contributed by atoms with E-state index in [0.717, 1.165) is 19.3 Å². The van der Waals surface area contributed by atoms with Gasteiger partial charge in [0.25, 0.3) is 5.91 Å². The second kappa shape index (κ2) is 7.02. The normalized spacial score (nSPS) is 31.8. The lowest BCUT2D eigenvalue weighted by Gasteiger charge is -2.56. The molecule has 0 spiro atoms. The van der Waals surface area contributed by atoms with Crippen LogP contribution in [0, 0.1) is 5.92 Å². The molecule has 1 N–H and O–H groups in total. The number of rotatable bonds is 5. The van der Waals surface area contributed by atoms with Crippen LogP contribution in [0.25, 0.3) is 0 Å². The summed E-state index contributed by atoms with van der Waals surface area (Å²) in [4.78, 5) is 18.2. The Bertz CT molecular complexity index is 533. The number of benzene rings is 1. The third-order valence-electron chi connectivity index (χ3n) is 5.87. The van der Waals surface area contributed by atoms with E-state index in [9.17, 15) is 4.79 Å². The van der Waals surface area contributed by atoms with Crippen LogP contribution in [0.4, 0.5) is 0 Å². The molecule has 0 aliphatic carbocycles. The molecule has 0 bridgehead atoms. The van der Waals surface area contributed by atoms with E-state index >= 15 is 0 Å². The van der Waals surface area contributed by atoms with E-state index in [1.807, 2.05) is 18.2 Å². The number of nitrogens with one attached hydrogen (secondary N) is 1. The van der Waals surface area contributed by atoms with Crippen LogP contribution in [0.5, 0.6) is 0 Å². The molecule has 2 rings (SSSR count). The van der Waals surface area contributed by atoms with Crippen molar-refractivity contribution in [3.05, 3.63) is 35.9 Å². The number of carbonyl (C=O) groups is 1. The lowest BCUT2D eigenvalue weighted by Crippen LogP contribution is -2.65. The Morgan fingerprint density at radius 2 is 1.91 bits per heavy atom. The molecule has 1 aromatic rings. The summed E-state index contributed by atoms with van der Waals surface area (Å²) in [6, 6.07) is 9.17. The fourth-order valence-corrected chi connectivity index (χ4v) is 3.52. The quantitative estimate of drug-likeness (QED) is 0.822. The molecule has 4 nitrogen and oxygen atoms in total. The van der Waals surface area contributed by atoms with Gasteiger partial charge in [-0.05, 0) is 57.6 Å². The zero-order chi connectivity index (χ0) is 17.1. The van der Waals surface area contributed by atoms with Crippen LogP contribution in [0.15, 0.2) is 30.3 Å². The van der Waals surface area contributed by atoms with Crippen molar-refractivity contribution in [2.45, 2.75) is 71.4 Å². The van der Waals surface area contributed by atoms with Gasteiger partial charge in [0.15, 0.2) is 0 Å². The van der Waals surface area contributed by atoms with Gasteiger partial charge in [0.2, 0.25) is 0 Å². The molecule has 1 saturated heterocycles. The first-order valence-electron chi connectivity index (χ1n) is 8.70. The first-order chi connectivity index (χ1) is 10.9. The van der Waals surface area contributed by atoms with Crippen molar-refractivity contribution in [3.63, 3.8) is 0 Å². The first kappa shape index (κ1) is 18.0. The first-order valence-corrected chi connectivity index (χ1v) is 8.70. The lowest BCUT2D eigenvalue weighted by molar-refractivity contribution is -0.324. The number of nitrogens with zero attached hydrogens (tertiary/aromatic N) is 1. The van der Waals surface area contributed by atoms with Crippen LogP contribution in [0.1, 0.15) is 70.7 Å². The largest absolute Gasteiger partial charge is 0.276 e. The molecule has 23 heavy (non-hydrogen) atoms. The SMILES string of the molecule is CCC1(C)CCC(C)C(C)(CC)N1ONC(=O)c1ccccc1. The van der Waals surface area contributed by atoms with Gasteiger partial charge in [0.1, 0.15) is 0 Å². The molecule has 1 fully saturated rings. The van der Waals surface area contributed by atoms with E-state index in [0.29, 0.717) is 11.5 Å². The standard InChI is InChI=1S/C19H30N2O2/c1-6-18(4)14-13-15(3)19(5,7-2)21(18)23-20-17(22)16-11-9-8-10-12-16/h8-12,15H,6-7,13-14H2,1-5H3,(H,20,22). The zero-order valence-electron chi connectivity index (χ0n) is 15.1. The molecular formula is C19H30N2O2. The summed E-state index contributed by atoms with van der Waals surface area (Å²) in [5, 5.41) is 2.05. The van der Waals surface area contributed by atoms with Crippen molar-refractivity contribution in [1.29, 1.82) is 0 Å². The van der Waals surface area contributed by atoms with Gasteiger partial charge >= 0.3 is 0 Å². The minimum atomic E-state index is -0.208.